The molecule has 0 amide bonds. The van der Waals surface area contributed by atoms with Gasteiger partial charge in [-0.15, -0.1) is 0 Å². The molecule has 90 valence electrons. The molecule has 5 heteroatoms. The van der Waals surface area contributed by atoms with E-state index in [-0.39, 0.29) is 21.5 Å². The number of hydrogen-bond acceptors (Lipinski definition) is 2. The first-order valence-electron chi connectivity index (χ1n) is 4.93. The van der Waals surface area contributed by atoms with E-state index in [0.29, 0.717) is 0 Å². The molecule has 0 aliphatic carbocycles. The Kier molecular flexibility index (Phi) is 4.56. The van der Waals surface area contributed by atoms with E-state index < -0.39 is 18.0 Å². The van der Waals surface area contributed by atoms with E-state index in [2.05, 4.69) is 0 Å². The van der Waals surface area contributed by atoms with Gasteiger partial charge in [0.25, 0.3) is 0 Å². The fourth-order valence-corrected chi connectivity index (χ4v) is 1.87. The van der Waals surface area contributed by atoms with Crippen molar-refractivity contribution in [3.8, 4) is 0 Å². The third kappa shape index (κ3) is 2.66. The van der Waals surface area contributed by atoms with Gasteiger partial charge in [-0.05, 0) is 18.1 Å². The Morgan fingerprint density at radius 3 is 2.25 bits per heavy atom. The second-order valence-electron chi connectivity index (χ2n) is 4.02. The molecule has 0 saturated heterocycles. The van der Waals surface area contributed by atoms with Crippen molar-refractivity contribution in [1.82, 2.24) is 0 Å². The van der Waals surface area contributed by atoms with E-state index >= 15 is 0 Å². The summed E-state index contributed by atoms with van der Waals surface area (Å²) in [5.74, 6) is -0.759. The monoisotopic (exact) mass is 265 g/mol. The Morgan fingerprint density at radius 2 is 1.75 bits per heavy atom. The molecule has 2 nitrogen and oxygen atoms in total. The molecule has 0 heterocycles. The first kappa shape index (κ1) is 13.7. The molecule has 0 aliphatic heterocycles. The van der Waals surface area contributed by atoms with Gasteiger partial charge in [-0.25, -0.2) is 4.39 Å². The van der Waals surface area contributed by atoms with Crippen molar-refractivity contribution in [3.63, 3.8) is 0 Å². The molecule has 1 aromatic rings. The molecule has 16 heavy (non-hydrogen) atoms. The van der Waals surface area contributed by atoms with Crippen LogP contribution in [0.5, 0.6) is 0 Å². The van der Waals surface area contributed by atoms with E-state index in [4.69, 9.17) is 28.9 Å². The van der Waals surface area contributed by atoms with Gasteiger partial charge in [-0.2, -0.15) is 0 Å². The first-order chi connectivity index (χ1) is 7.36. The molecule has 0 saturated carbocycles. The lowest BCUT2D eigenvalue weighted by molar-refractivity contribution is 0.0967. The van der Waals surface area contributed by atoms with Crippen molar-refractivity contribution < 1.29 is 9.50 Å². The Hall–Kier alpha value is -0.350. The van der Waals surface area contributed by atoms with Crippen molar-refractivity contribution in [2.24, 2.45) is 11.7 Å². The van der Waals surface area contributed by atoms with Crippen LogP contribution in [0.2, 0.25) is 10.0 Å². The molecule has 0 radical (unpaired) electrons. The van der Waals surface area contributed by atoms with Gasteiger partial charge in [0.1, 0.15) is 5.82 Å². The summed E-state index contributed by atoms with van der Waals surface area (Å²) >= 11 is 11.5. The molecule has 0 bridgehead atoms. The minimum Gasteiger partial charge on any atom is -0.391 e. The van der Waals surface area contributed by atoms with Crippen molar-refractivity contribution >= 4 is 23.2 Å². The van der Waals surface area contributed by atoms with E-state index in [9.17, 15) is 9.50 Å². The van der Waals surface area contributed by atoms with Crippen LogP contribution in [-0.2, 0) is 0 Å². The topological polar surface area (TPSA) is 46.2 Å². The third-order valence-electron chi connectivity index (χ3n) is 2.46. The Bertz CT molecular complexity index is 384. The summed E-state index contributed by atoms with van der Waals surface area (Å²) in [6, 6.07) is 1.94. The summed E-state index contributed by atoms with van der Waals surface area (Å²) in [6.07, 6.45) is -0.870. The number of aliphatic hydroxyl groups is 1. The molecular formula is C11H14Cl2FNO. The lowest BCUT2D eigenvalue weighted by Gasteiger charge is -2.23. The second kappa shape index (κ2) is 5.32. The molecule has 0 aromatic heterocycles. The van der Waals surface area contributed by atoms with Crippen LogP contribution in [0.15, 0.2) is 12.1 Å². The summed E-state index contributed by atoms with van der Waals surface area (Å²) in [6.45, 7) is 3.59. The first-order valence-corrected chi connectivity index (χ1v) is 5.69. The van der Waals surface area contributed by atoms with Gasteiger partial charge in [0, 0.05) is 10.6 Å². The number of nitrogens with two attached hydrogens (primary N) is 1. The average Bonchev–Trinajstić information content (AvgIpc) is 2.22. The van der Waals surface area contributed by atoms with E-state index in [1.807, 2.05) is 0 Å². The van der Waals surface area contributed by atoms with Crippen LogP contribution in [0.3, 0.4) is 0 Å². The van der Waals surface area contributed by atoms with Gasteiger partial charge in [0.2, 0.25) is 0 Å². The van der Waals surface area contributed by atoms with E-state index in [1.54, 1.807) is 13.8 Å². The van der Waals surface area contributed by atoms with Gasteiger partial charge in [-0.1, -0.05) is 37.0 Å². The Balaban J connectivity index is 3.17. The molecule has 0 aliphatic rings. The zero-order valence-corrected chi connectivity index (χ0v) is 10.6. The normalized spacial score (nSPS) is 15.2. The average molecular weight is 266 g/mol. The fraction of sp³-hybridized carbons (Fsp3) is 0.455. The van der Waals surface area contributed by atoms with Crippen molar-refractivity contribution in [2.45, 2.75) is 26.0 Å². The van der Waals surface area contributed by atoms with Crippen molar-refractivity contribution in [2.75, 3.05) is 0 Å². The number of rotatable bonds is 3. The van der Waals surface area contributed by atoms with Crippen molar-refractivity contribution in [1.29, 1.82) is 0 Å². The maximum Gasteiger partial charge on any atom is 0.148 e. The predicted molar refractivity (Wildman–Crippen MR) is 64.2 cm³/mol. The van der Waals surface area contributed by atoms with Gasteiger partial charge < -0.3 is 10.8 Å². The lowest BCUT2D eigenvalue weighted by atomic mass is 9.94. The summed E-state index contributed by atoms with van der Waals surface area (Å²) in [4.78, 5) is 0. The highest BCUT2D eigenvalue weighted by Gasteiger charge is 2.26. The van der Waals surface area contributed by atoms with Crippen LogP contribution >= 0.6 is 23.2 Å². The van der Waals surface area contributed by atoms with Crippen LogP contribution in [0.25, 0.3) is 0 Å². The second-order valence-corrected chi connectivity index (χ2v) is 4.83. The van der Waals surface area contributed by atoms with Crippen LogP contribution in [0.4, 0.5) is 4.39 Å². The Morgan fingerprint density at radius 1 is 1.25 bits per heavy atom. The van der Waals surface area contributed by atoms with Crippen LogP contribution < -0.4 is 5.73 Å². The summed E-state index contributed by atoms with van der Waals surface area (Å²) < 4.78 is 13.7. The molecule has 1 aromatic carbocycles. The molecule has 0 fully saturated rings. The van der Waals surface area contributed by atoms with Crippen LogP contribution in [-0.4, -0.2) is 11.2 Å². The zero-order chi connectivity index (χ0) is 12.5. The number of aliphatic hydroxyl groups excluding tert-OH is 1. The largest absolute Gasteiger partial charge is 0.391 e. The highest BCUT2D eigenvalue weighted by Crippen LogP contribution is 2.32. The molecule has 0 unspecified atom stereocenters. The van der Waals surface area contributed by atoms with Gasteiger partial charge in [-0.3, -0.25) is 0 Å². The van der Waals surface area contributed by atoms with Gasteiger partial charge in [0.05, 0.1) is 17.2 Å². The molecule has 0 spiro atoms. The number of halogens is 3. The van der Waals surface area contributed by atoms with Gasteiger partial charge >= 0.3 is 0 Å². The van der Waals surface area contributed by atoms with Crippen molar-refractivity contribution in [3.05, 3.63) is 33.6 Å². The van der Waals surface area contributed by atoms with Crippen LogP contribution in [0, 0.1) is 11.7 Å². The SMILES string of the molecule is CC(C)[C@H](O)[C@H](N)c1c(Cl)ccc(Cl)c1F. The minimum absolute atomic E-state index is 0.0502. The van der Waals surface area contributed by atoms with Crippen LogP contribution in [0.1, 0.15) is 25.5 Å². The molecule has 3 N–H and O–H groups in total. The molecule has 1 rings (SSSR count). The summed E-state index contributed by atoms with van der Waals surface area (Å²) in [5, 5.41) is 9.92. The number of hydrogen-bond donors (Lipinski definition) is 2. The summed E-state index contributed by atoms with van der Waals surface area (Å²) in [5.41, 5.74) is 5.84. The highest BCUT2D eigenvalue weighted by molar-refractivity contribution is 6.33. The van der Waals surface area contributed by atoms with E-state index in [1.165, 1.54) is 12.1 Å². The standard InChI is InChI=1S/C11H14Cl2FNO/c1-5(2)11(16)10(15)8-6(12)3-4-7(13)9(8)14/h3-5,10-11,16H,15H2,1-2H3/t10-,11+/m1/s1. The third-order valence-corrected chi connectivity index (χ3v) is 3.09. The van der Waals surface area contributed by atoms with Gasteiger partial charge in [0.15, 0.2) is 0 Å². The highest BCUT2D eigenvalue weighted by atomic mass is 35.5. The number of benzene rings is 1. The predicted octanol–water partition coefficient (Wildman–Crippen LogP) is 3.15. The maximum atomic E-state index is 13.7. The zero-order valence-electron chi connectivity index (χ0n) is 9.05. The quantitative estimate of drug-likeness (QED) is 0.825. The molecular weight excluding hydrogens is 252 g/mol. The van der Waals surface area contributed by atoms with E-state index in [0.717, 1.165) is 0 Å². The fourth-order valence-electron chi connectivity index (χ4n) is 1.43. The maximum absolute atomic E-state index is 13.7. The molecule has 2 atom stereocenters. The smallest absolute Gasteiger partial charge is 0.148 e. The minimum atomic E-state index is -0.883. The Labute approximate surface area is 104 Å². The summed E-state index contributed by atoms with van der Waals surface area (Å²) in [7, 11) is 0. The lowest BCUT2D eigenvalue weighted by Crippen LogP contribution is -2.31.